The number of nitrogens with one attached hydrogen (secondary N) is 1. The smallest absolute Gasteiger partial charge is 0.242 e. The van der Waals surface area contributed by atoms with Gasteiger partial charge in [0.1, 0.15) is 6.04 Å². The lowest BCUT2D eigenvalue weighted by Crippen LogP contribution is -2.52. The molecule has 0 spiro atoms. The van der Waals surface area contributed by atoms with E-state index in [0.717, 1.165) is 11.1 Å². The summed E-state index contributed by atoms with van der Waals surface area (Å²) in [5, 5.41) is 2.94. The quantitative estimate of drug-likeness (QED) is 0.508. The number of carbonyl (C=O) groups excluding carboxylic acids is 4. The summed E-state index contributed by atoms with van der Waals surface area (Å²) in [7, 11) is 0. The molecule has 4 amide bonds. The molecule has 1 heterocycles. The van der Waals surface area contributed by atoms with Gasteiger partial charge >= 0.3 is 0 Å². The zero-order chi connectivity index (χ0) is 24.3. The first-order valence-electron chi connectivity index (χ1n) is 11.6. The van der Waals surface area contributed by atoms with E-state index >= 15 is 0 Å². The Labute approximate surface area is 196 Å². The van der Waals surface area contributed by atoms with Gasteiger partial charge in [0.2, 0.25) is 23.6 Å². The normalized spacial score (nSPS) is 21.1. The van der Waals surface area contributed by atoms with Gasteiger partial charge in [-0.1, -0.05) is 42.0 Å². The zero-order valence-corrected chi connectivity index (χ0v) is 20.3. The van der Waals surface area contributed by atoms with E-state index in [1.807, 2.05) is 64.1 Å². The van der Waals surface area contributed by atoms with Crippen molar-refractivity contribution in [2.45, 2.75) is 72.0 Å². The van der Waals surface area contributed by atoms with Gasteiger partial charge in [0.25, 0.3) is 0 Å². The molecule has 33 heavy (non-hydrogen) atoms. The number of rotatable bonds is 7. The third-order valence-corrected chi connectivity index (χ3v) is 6.25. The summed E-state index contributed by atoms with van der Waals surface area (Å²) in [4.78, 5) is 54.4. The molecule has 1 aromatic rings. The van der Waals surface area contributed by atoms with Gasteiger partial charge in [-0.3, -0.25) is 24.1 Å². The van der Waals surface area contributed by atoms with E-state index in [4.69, 9.17) is 0 Å². The monoisotopic (exact) mass is 453 g/mol. The predicted octanol–water partition coefficient (Wildman–Crippen LogP) is 2.97. The van der Waals surface area contributed by atoms with Crippen LogP contribution in [-0.2, 0) is 25.7 Å². The molecule has 0 aromatic heterocycles. The molecule has 2 aliphatic rings. The summed E-state index contributed by atoms with van der Waals surface area (Å²) < 4.78 is 0. The molecule has 178 valence electrons. The summed E-state index contributed by atoms with van der Waals surface area (Å²) >= 11 is 0. The number of hydrogen-bond acceptors (Lipinski definition) is 4. The Morgan fingerprint density at radius 2 is 1.73 bits per heavy atom. The standard InChI is InChI=1S/C26H35N3O4/c1-17-9-8-10-19(15-17)16-29(18(2)23(31)27-26(3,4)5)22(30)13-14-28-24(32)20-11-6-7-12-21(20)25(28)33/h6-10,15,18,20-21H,11-14,16H2,1-5H3,(H,27,31)/t18?,20-,21+. The second-order valence-electron chi connectivity index (χ2n) is 10.2. The van der Waals surface area contributed by atoms with Crippen LogP contribution in [0.5, 0.6) is 0 Å². The molecule has 1 N–H and O–H groups in total. The van der Waals surface area contributed by atoms with Crippen LogP contribution in [-0.4, -0.2) is 51.6 Å². The Kier molecular flexibility index (Phi) is 7.40. The van der Waals surface area contributed by atoms with Crippen molar-refractivity contribution in [3.8, 4) is 0 Å². The lowest BCUT2D eigenvalue weighted by molar-refractivity contribution is -0.144. The Morgan fingerprint density at radius 1 is 1.12 bits per heavy atom. The maximum atomic E-state index is 13.3. The molecule has 1 unspecified atom stereocenters. The van der Waals surface area contributed by atoms with Crippen LogP contribution >= 0.6 is 0 Å². The van der Waals surface area contributed by atoms with Gasteiger partial charge in [0, 0.05) is 25.0 Å². The third kappa shape index (κ3) is 5.89. The second kappa shape index (κ2) is 9.89. The van der Waals surface area contributed by atoms with Crippen LogP contribution < -0.4 is 5.32 Å². The summed E-state index contributed by atoms with van der Waals surface area (Å²) in [5.41, 5.74) is 1.56. The Bertz CT molecular complexity index is 937. The average molecular weight is 454 g/mol. The first-order valence-corrected chi connectivity index (χ1v) is 11.6. The molecule has 3 rings (SSSR count). The number of aryl methyl sites for hydroxylation is 1. The maximum Gasteiger partial charge on any atom is 0.242 e. The van der Waals surface area contributed by atoms with E-state index in [1.165, 1.54) is 9.80 Å². The fourth-order valence-electron chi connectivity index (χ4n) is 4.50. The fourth-order valence-corrected chi connectivity index (χ4v) is 4.50. The first-order chi connectivity index (χ1) is 15.5. The number of allylic oxidation sites excluding steroid dienone is 2. The molecule has 1 aliphatic carbocycles. The molecule has 1 fully saturated rings. The molecule has 3 atom stereocenters. The number of hydrogen-bond donors (Lipinski definition) is 1. The largest absolute Gasteiger partial charge is 0.350 e. The van der Waals surface area contributed by atoms with Crippen LogP contribution in [0, 0.1) is 18.8 Å². The van der Waals surface area contributed by atoms with Crippen molar-refractivity contribution < 1.29 is 19.2 Å². The number of imide groups is 1. The summed E-state index contributed by atoms with van der Waals surface area (Å²) in [6, 6.07) is 7.11. The van der Waals surface area contributed by atoms with E-state index in [1.54, 1.807) is 6.92 Å². The van der Waals surface area contributed by atoms with E-state index in [9.17, 15) is 19.2 Å². The molecule has 7 heteroatoms. The minimum absolute atomic E-state index is 0.0106. The third-order valence-electron chi connectivity index (χ3n) is 6.25. The topological polar surface area (TPSA) is 86.8 Å². The summed E-state index contributed by atoms with van der Waals surface area (Å²) in [6.45, 7) is 9.68. The number of amides is 4. The van der Waals surface area contributed by atoms with Gasteiger partial charge in [-0.05, 0) is 53.0 Å². The minimum Gasteiger partial charge on any atom is -0.350 e. The van der Waals surface area contributed by atoms with Gasteiger partial charge in [-0.25, -0.2) is 0 Å². The molecular weight excluding hydrogens is 418 g/mol. The number of carbonyl (C=O) groups is 4. The molecule has 0 saturated carbocycles. The maximum absolute atomic E-state index is 13.3. The minimum atomic E-state index is -0.700. The van der Waals surface area contributed by atoms with Crippen LogP contribution in [0.1, 0.15) is 58.1 Å². The molecule has 1 aliphatic heterocycles. The molecule has 1 aromatic carbocycles. The Morgan fingerprint density at radius 3 is 2.27 bits per heavy atom. The summed E-state index contributed by atoms with van der Waals surface area (Å²) in [6.07, 6.45) is 5.02. The molecule has 0 radical (unpaired) electrons. The highest BCUT2D eigenvalue weighted by molar-refractivity contribution is 6.05. The number of nitrogens with zero attached hydrogens (tertiary/aromatic N) is 2. The van der Waals surface area contributed by atoms with E-state index in [2.05, 4.69) is 5.32 Å². The highest BCUT2D eigenvalue weighted by Gasteiger charge is 2.47. The lowest BCUT2D eigenvalue weighted by atomic mass is 9.85. The van der Waals surface area contributed by atoms with Crippen molar-refractivity contribution in [1.29, 1.82) is 0 Å². The summed E-state index contributed by atoms with van der Waals surface area (Å²) in [5.74, 6) is -1.50. The van der Waals surface area contributed by atoms with Gasteiger partial charge in [-0.15, -0.1) is 0 Å². The zero-order valence-electron chi connectivity index (χ0n) is 20.3. The fraction of sp³-hybridized carbons (Fsp3) is 0.538. The van der Waals surface area contributed by atoms with Crippen molar-refractivity contribution in [2.75, 3.05) is 6.54 Å². The van der Waals surface area contributed by atoms with Crippen molar-refractivity contribution in [3.05, 3.63) is 47.5 Å². The highest BCUT2D eigenvalue weighted by Crippen LogP contribution is 2.35. The average Bonchev–Trinajstić information content (AvgIpc) is 2.99. The van der Waals surface area contributed by atoms with Crippen molar-refractivity contribution in [3.63, 3.8) is 0 Å². The number of likely N-dealkylation sites (tertiary alicyclic amines) is 1. The van der Waals surface area contributed by atoms with Gasteiger partial charge in [0.15, 0.2) is 0 Å². The van der Waals surface area contributed by atoms with Crippen LogP contribution in [0.15, 0.2) is 36.4 Å². The number of fused-ring (bicyclic) bond motifs is 1. The van der Waals surface area contributed by atoms with Crippen LogP contribution in [0.25, 0.3) is 0 Å². The predicted molar refractivity (Wildman–Crippen MR) is 126 cm³/mol. The molecular formula is C26H35N3O4. The van der Waals surface area contributed by atoms with Gasteiger partial charge in [0.05, 0.1) is 11.8 Å². The Balaban J connectivity index is 1.73. The Hall–Kier alpha value is -2.96. The van der Waals surface area contributed by atoms with Crippen molar-refractivity contribution in [1.82, 2.24) is 15.1 Å². The number of benzene rings is 1. The molecule has 0 bridgehead atoms. The highest BCUT2D eigenvalue weighted by atomic mass is 16.2. The second-order valence-corrected chi connectivity index (χ2v) is 10.2. The van der Waals surface area contributed by atoms with E-state index in [0.29, 0.717) is 12.8 Å². The SMILES string of the molecule is Cc1cccc(CN(C(=O)CCN2C(=O)[C@H]3CC=CC[C@H]3C2=O)C(C)C(=O)NC(C)(C)C)c1. The molecule has 7 nitrogen and oxygen atoms in total. The first kappa shape index (κ1) is 24.7. The van der Waals surface area contributed by atoms with Gasteiger partial charge < -0.3 is 10.2 Å². The van der Waals surface area contributed by atoms with Crippen molar-refractivity contribution >= 4 is 23.6 Å². The lowest BCUT2D eigenvalue weighted by Gasteiger charge is -2.32. The van der Waals surface area contributed by atoms with Crippen LogP contribution in [0.3, 0.4) is 0 Å². The van der Waals surface area contributed by atoms with Crippen molar-refractivity contribution in [2.24, 2.45) is 11.8 Å². The molecule has 1 saturated heterocycles. The van der Waals surface area contributed by atoms with E-state index in [-0.39, 0.29) is 55.0 Å². The van der Waals surface area contributed by atoms with E-state index < -0.39 is 11.6 Å². The van der Waals surface area contributed by atoms with Crippen LogP contribution in [0.4, 0.5) is 0 Å². The van der Waals surface area contributed by atoms with Gasteiger partial charge in [-0.2, -0.15) is 0 Å². The van der Waals surface area contributed by atoms with Crippen LogP contribution in [0.2, 0.25) is 0 Å².